The lowest BCUT2D eigenvalue weighted by Gasteiger charge is -2.12. The van der Waals surface area contributed by atoms with Crippen molar-refractivity contribution < 1.29 is 0 Å². The van der Waals surface area contributed by atoms with E-state index in [4.69, 9.17) is 0 Å². The molecule has 2 heteroatoms. The zero-order valence-electron chi connectivity index (χ0n) is 16.7. The predicted octanol–water partition coefficient (Wildman–Crippen LogP) is 8.58. The Morgan fingerprint density at radius 1 is 0.516 bits per heavy atom. The van der Waals surface area contributed by atoms with E-state index in [1.165, 1.54) is 63.6 Å². The second kappa shape index (κ2) is 6.37. The van der Waals surface area contributed by atoms with Gasteiger partial charge in [-0.15, -0.1) is 11.3 Å². The minimum Gasteiger partial charge on any atom is -0.264 e. The topological polar surface area (TPSA) is 12.9 Å². The highest BCUT2D eigenvalue weighted by molar-refractivity contribution is 7.26. The maximum atomic E-state index is 4.39. The van der Waals surface area contributed by atoms with Gasteiger partial charge in [-0.3, -0.25) is 4.98 Å². The molecule has 0 spiro atoms. The maximum Gasteiger partial charge on any atom is 0.0433 e. The minimum atomic E-state index is 1.21. The molecule has 0 saturated heterocycles. The van der Waals surface area contributed by atoms with E-state index in [2.05, 4.69) is 96.0 Å². The first kappa shape index (κ1) is 17.0. The molecule has 2 heterocycles. The van der Waals surface area contributed by atoms with Crippen molar-refractivity contribution in [2.24, 2.45) is 0 Å². The fraction of sp³-hybridized carbons (Fsp3) is 0. The van der Waals surface area contributed by atoms with Crippen molar-refractivity contribution in [3.05, 3.63) is 103 Å². The van der Waals surface area contributed by atoms with Crippen LogP contribution in [0.2, 0.25) is 0 Å². The molecule has 0 aliphatic rings. The van der Waals surface area contributed by atoms with Crippen LogP contribution in [-0.2, 0) is 0 Å². The molecule has 0 N–H and O–H groups in total. The number of hydrogen-bond acceptors (Lipinski definition) is 2. The third kappa shape index (κ3) is 2.40. The van der Waals surface area contributed by atoms with Gasteiger partial charge in [-0.05, 0) is 56.3 Å². The highest BCUT2D eigenvalue weighted by atomic mass is 32.1. The summed E-state index contributed by atoms with van der Waals surface area (Å²) in [6.07, 6.45) is 3.88. The number of rotatable bonds is 1. The number of fused-ring (bicyclic) bond motifs is 9. The van der Waals surface area contributed by atoms with Gasteiger partial charge < -0.3 is 0 Å². The minimum absolute atomic E-state index is 1.21. The number of nitrogens with zero attached hydrogens (tertiary/aromatic N) is 1. The van der Waals surface area contributed by atoms with Crippen LogP contribution in [0.15, 0.2) is 103 Å². The molecule has 0 saturated carbocycles. The standard InChI is InChI=1S/C29H17NS/c1-2-7-21-20(6-1)26-16-18(12-13-22(26)23-14-15-30-17-27(21)23)19-9-5-10-25-24-8-3-4-11-28(24)31-29(19)25/h1-17H. The summed E-state index contributed by atoms with van der Waals surface area (Å²) in [4.78, 5) is 4.39. The highest BCUT2D eigenvalue weighted by Gasteiger charge is 2.13. The van der Waals surface area contributed by atoms with E-state index in [0.29, 0.717) is 0 Å². The van der Waals surface area contributed by atoms with E-state index < -0.39 is 0 Å². The van der Waals surface area contributed by atoms with Crippen LogP contribution in [0, 0.1) is 0 Å². The zero-order valence-corrected chi connectivity index (χ0v) is 17.5. The molecule has 0 unspecified atom stereocenters. The molecule has 0 aliphatic heterocycles. The fourth-order valence-electron chi connectivity index (χ4n) is 4.94. The molecule has 0 aliphatic carbocycles. The SMILES string of the molecule is c1ccc2c(c1)sc1c(-c3ccc4c5ccncc5c5ccccc5c4c3)cccc12. The lowest BCUT2D eigenvalue weighted by Crippen LogP contribution is -1.86. The van der Waals surface area contributed by atoms with Crippen molar-refractivity contribution in [3.63, 3.8) is 0 Å². The lowest BCUT2D eigenvalue weighted by atomic mass is 9.92. The van der Waals surface area contributed by atoms with Gasteiger partial charge in [-0.1, -0.05) is 72.8 Å². The Morgan fingerprint density at radius 3 is 2.13 bits per heavy atom. The summed E-state index contributed by atoms with van der Waals surface area (Å²) in [7, 11) is 0. The number of thiophene rings is 1. The van der Waals surface area contributed by atoms with Crippen molar-refractivity contribution in [2.45, 2.75) is 0 Å². The molecule has 1 nitrogen and oxygen atoms in total. The summed E-state index contributed by atoms with van der Waals surface area (Å²) >= 11 is 1.89. The van der Waals surface area contributed by atoms with Gasteiger partial charge in [0.25, 0.3) is 0 Å². The number of benzene rings is 5. The van der Waals surface area contributed by atoms with E-state index in [9.17, 15) is 0 Å². The predicted molar refractivity (Wildman–Crippen MR) is 135 cm³/mol. The average molecular weight is 412 g/mol. The Kier molecular flexibility index (Phi) is 3.49. The van der Waals surface area contributed by atoms with Gasteiger partial charge in [0, 0.05) is 38.0 Å². The molecule has 31 heavy (non-hydrogen) atoms. The molecule has 144 valence electrons. The number of pyridine rings is 1. The van der Waals surface area contributed by atoms with Crippen LogP contribution in [0.25, 0.3) is 63.6 Å². The largest absolute Gasteiger partial charge is 0.264 e. The van der Waals surface area contributed by atoms with Gasteiger partial charge in [0.05, 0.1) is 0 Å². The van der Waals surface area contributed by atoms with Crippen LogP contribution in [-0.4, -0.2) is 4.98 Å². The molecule has 2 aromatic heterocycles. The van der Waals surface area contributed by atoms with Crippen LogP contribution in [0.4, 0.5) is 0 Å². The third-order valence-corrected chi connectivity index (χ3v) is 7.57. The van der Waals surface area contributed by atoms with Gasteiger partial charge in [0.15, 0.2) is 0 Å². The monoisotopic (exact) mass is 411 g/mol. The van der Waals surface area contributed by atoms with E-state index in [-0.39, 0.29) is 0 Å². The Labute approximate surface area is 183 Å². The zero-order chi connectivity index (χ0) is 20.4. The average Bonchev–Trinajstić information content (AvgIpc) is 3.23. The molecule has 0 fully saturated rings. The van der Waals surface area contributed by atoms with Gasteiger partial charge >= 0.3 is 0 Å². The Hall–Kier alpha value is -3.75. The van der Waals surface area contributed by atoms with Crippen LogP contribution in [0.5, 0.6) is 0 Å². The fourth-order valence-corrected chi connectivity index (χ4v) is 6.18. The van der Waals surface area contributed by atoms with Crippen molar-refractivity contribution in [3.8, 4) is 11.1 Å². The van der Waals surface area contributed by atoms with Crippen molar-refractivity contribution in [2.75, 3.05) is 0 Å². The highest BCUT2D eigenvalue weighted by Crippen LogP contribution is 2.42. The van der Waals surface area contributed by atoms with E-state index in [1.54, 1.807) is 0 Å². The summed E-state index contributed by atoms with van der Waals surface area (Å²) in [6.45, 7) is 0. The summed E-state index contributed by atoms with van der Waals surface area (Å²) in [5.74, 6) is 0. The van der Waals surface area contributed by atoms with Gasteiger partial charge in [-0.25, -0.2) is 0 Å². The van der Waals surface area contributed by atoms with Crippen LogP contribution >= 0.6 is 11.3 Å². The van der Waals surface area contributed by atoms with Crippen molar-refractivity contribution in [1.82, 2.24) is 4.98 Å². The maximum absolute atomic E-state index is 4.39. The molecule has 7 rings (SSSR count). The molecule has 0 radical (unpaired) electrons. The second-order valence-corrected chi connectivity index (χ2v) is 9.06. The first-order valence-electron chi connectivity index (χ1n) is 10.5. The molecule has 0 amide bonds. The number of hydrogen-bond donors (Lipinski definition) is 0. The second-order valence-electron chi connectivity index (χ2n) is 8.01. The van der Waals surface area contributed by atoms with Gasteiger partial charge in [0.1, 0.15) is 0 Å². The smallest absolute Gasteiger partial charge is 0.0433 e. The lowest BCUT2D eigenvalue weighted by molar-refractivity contribution is 1.37. The van der Waals surface area contributed by atoms with Gasteiger partial charge in [-0.2, -0.15) is 0 Å². The number of aromatic nitrogens is 1. The third-order valence-electron chi connectivity index (χ3n) is 6.35. The van der Waals surface area contributed by atoms with Crippen molar-refractivity contribution in [1.29, 1.82) is 0 Å². The Balaban J connectivity index is 1.60. The normalized spacial score (nSPS) is 11.9. The molecular formula is C29H17NS. The molecule has 7 aromatic rings. The molecule has 0 bridgehead atoms. The van der Waals surface area contributed by atoms with Crippen LogP contribution < -0.4 is 0 Å². The van der Waals surface area contributed by atoms with E-state index in [1.807, 2.05) is 23.7 Å². The van der Waals surface area contributed by atoms with Gasteiger partial charge in [0.2, 0.25) is 0 Å². The van der Waals surface area contributed by atoms with E-state index >= 15 is 0 Å². The van der Waals surface area contributed by atoms with Crippen molar-refractivity contribution >= 4 is 63.8 Å². The first-order chi connectivity index (χ1) is 15.4. The Morgan fingerprint density at radius 2 is 1.23 bits per heavy atom. The first-order valence-corrected chi connectivity index (χ1v) is 11.3. The molecular weight excluding hydrogens is 394 g/mol. The summed E-state index contributed by atoms with van der Waals surface area (Å²) in [6, 6.07) is 33.1. The summed E-state index contributed by atoms with van der Waals surface area (Å²) in [5, 5.41) is 10.3. The molecule has 0 atom stereocenters. The molecule has 5 aromatic carbocycles. The quantitative estimate of drug-likeness (QED) is 0.247. The Bertz CT molecular complexity index is 1760. The summed E-state index contributed by atoms with van der Waals surface area (Å²) in [5.41, 5.74) is 2.57. The summed E-state index contributed by atoms with van der Waals surface area (Å²) < 4.78 is 2.70. The van der Waals surface area contributed by atoms with Crippen LogP contribution in [0.3, 0.4) is 0 Å². The van der Waals surface area contributed by atoms with E-state index in [0.717, 1.165) is 0 Å². The van der Waals surface area contributed by atoms with Crippen LogP contribution in [0.1, 0.15) is 0 Å².